The molecule has 128 valence electrons. The standard InChI is InChI=1S/C17H20N2O4S/c1-4-7-23-14-6-5-11(9-13(14)18)15(20)19-16-12(17(21)22-3)8-10(2)24-16/h5-6,8-9H,4,7,18H2,1-3H3,(H,19,20). The fourth-order valence-corrected chi connectivity index (χ4v) is 2.97. The summed E-state index contributed by atoms with van der Waals surface area (Å²) in [6, 6.07) is 6.54. The number of hydrogen-bond acceptors (Lipinski definition) is 6. The van der Waals surface area contributed by atoms with Crippen molar-refractivity contribution in [2.45, 2.75) is 20.3 Å². The molecular weight excluding hydrogens is 328 g/mol. The first-order chi connectivity index (χ1) is 11.5. The number of carbonyl (C=O) groups is 2. The van der Waals surface area contributed by atoms with Gasteiger partial charge in [-0.15, -0.1) is 11.3 Å². The molecule has 1 heterocycles. The Morgan fingerprint density at radius 3 is 2.67 bits per heavy atom. The highest BCUT2D eigenvalue weighted by Gasteiger charge is 2.18. The van der Waals surface area contributed by atoms with Gasteiger partial charge < -0.3 is 20.5 Å². The summed E-state index contributed by atoms with van der Waals surface area (Å²) < 4.78 is 10.2. The summed E-state index contributed by atoms with van der Waals surface area (Å²) in [5.41, 5.74) is 7.04. The maximum atomic E-state index is 12.4. The van der Waals surface area contributed by atoms with Crippen LogP contribution in [0.3, 0.4) is 0 Å². The minimum absolute atomic E-state index is 0.337. The number of methoxy groups -OCH3 is 1. The molecule has 0 unspecified atom stereocenters. The third-order valence-corrected chi connectivity index (χ3v) is 4.19. The third kappa shape index (κ3) is 4.05. The van der Waals surface area contributed by atoms with Gasteiger partial charge >= 0.3 is 5.97 Å². The topological polar surface area (TPSA) is 90.6 Å². The number of benzene rings is 1. The number of ether oxygens (including phenoxy) is 2. The minimum atomic E-state index is -0.488. The van der Waals surface area contributed by atoms with Gasteiger partial charge in [-0.1, -0.05) is 6.92 Å². The number of nitrogens with one attached hydrogen (secondary N) is 1. The fourth-order valence-electron chi connectivity index (χ4n) is 2.08. The van der Waals surface area contributed by atoms with Crippen LogP contribution in [0.4, 0.5) is 10.7 Å². The van der Waals surface area contributed by atoms with Crippen molar-refractivity contribution in [3.8, 4) is 5.75 Å². The Hall–Kier alpha value is -2.54. The molecule has 7 heteroatoms. The summed E-state index contributed by atoms with van der Waals surface area (Å²) in [4.78, 5) is 25.1. The van der Waals surface area contributed by atoms with E-state index in [9.17, 15) is 9.59 Å². The predicted octanol–water partition coefficient (Wildman–Crippen LogP) is 3.47. The lowest BCUT2D eigenvalue weighted by Crippen LogP contribution is -2.14. The number of aryl methyl sites for hydroxylation is 1. The summed E-state index contributed by atoms with van der Waals surface area (Å²) in [5, 5.41) is 3.19. The summed E-state index contributed by atoms with van der Waals surface area (Å²) in [7, 11) is 1.30. The van der Waals surface area contributed by atoms with Gasteiger partial charge in [0.1, 0.15) is 10.8 Å². The van der Waals surface area contributed by atoms with E-state index in [1.165, 1.54) is 18.4 Å². The summed E-state index contributed by atoms with van der Waals surface area (Å²) in [6.07, 6.45) is 0.871. The number of amides is 1. The Labute approximate surface area is 144 Å². The molecule has 0 aliphatic rings. The molecule has 0 atom stereocenters. The van der Waals surface area contributed by atoms with Gasteiger partial charge in [-0.05, 0) is 37.6 Å². The molecule has 2 aromatic rings. The summed E-state index contributed by atoms with van der Waals surface area (Å²) in [5.74, 6) is -0.288. The van der Waals surface area contributed by atoms with Gasteiger partial charge in [0.25, 0.3) is 5.91 Å². The average Bonchev–Trinajstić information content (AvgIpc) is 2.93. The number of hydrogen-bond donors (Lipinski definition) is 2. The average molecular weight is 348 g/mol. The SMILES string of the molecule is CCCOc1ccc(C(=O)Nc2sc(C)cc2C(=O)OC)cc1N. The van der Waals surface area contributed by atoms with E-state index in [0.29, 0.717) is 34.2 Å². The lowest BCUT2D eigenvalue weighted by atomic mass is 10.1. The molecule has 0 saturated heterocycles. The van der Waals surface area contributed by atoms with Crippen LogP contribution in [0.5, 0.6) is 5.75 Å². The quantitative estimate of drug-likeness (QED) is 0.616. The van der Waals surface area contributed by atoms with Crippen molar-refractivity contribution in [1.82, 2.24) is 0 Å². The molecule has 0 saturated carbocycles. The van der Waals surface area contributed by atoms with Crippen LogP contribution in [0, 0.1) is 6.92 Å². The zero-order valence-corrected chi connectivity index (χ0v) is 14.7. The minimum Gasteiger partial charge on any atom is -0.491 e. The van der Waals surface area contributed by atoms with Crippen LogP contribution in [-0.4, -0.2) is 25.6 Å². The van der Waals surface area contributed by atoms with Gasteiger partial charge in [-0.25, -0.2) is 4.79 Å². The summed E-state index contributed by atoms with van der Waals surface area (Å²) >= 11 is 1.31. The van der Waals surface area contributed by atoms with E-state index in [-0.39, 0.29) is 5.91 Å². The highest BCUT2D eigenvalue weighted by molar-refractivity contribution is 7.16. The van der Waals surface area contributed by atoms with Crippen LogP contribution < -0.4 is 15.8 Å². The number of esters is 1. The number of thiophene rings is 1. The van der Waals surface area contributed by atoms with E-state index in [0.717, 1.165) is 11.3 Å². The summed E-state index contributed by atoms with van der Waals surface area (Å²) in [6.45, 7) is 4.41. The molecule has 1 aromatic heterocycles. The molecule has 0 aliphatic heterocycles. The van der Waals surface area contributed by atoms with Crippen LogP contribution >= 0.6 is 11.3 Å². The van der Waals surface area contributed by atoms with Crippen LogP contribution in [0.25, 0.3) is 0 Å². The first kappa shape index (κ1) is 17.8. The molecule has 1 aromatic carbocycles. The van der Waals surface area contributed by atoms with Gasteiger partial charge in [0.2, 0.25) is 0 Å². The Morgan fingerprint density at radius 1 is 1.29 bits per heavy atom. The third-order valence-electron chi connectivity index (χ3n) is 3.22. The van der Waals surface area contributed by atoms with Crippen molar-refractivity contribution in [3.05, 3.63) is 40.3 Å². The highest BCUT2D eigenvalue weighted by atomic mass is 32.1. The first-order valence-corrected chi connectivity index (χ1v) is 8.30. The van der Waals surface area contributed by atoms with Crippen molar-refractivity contribution < 1.29 is 19.1 Å². The number of anilines is 2. The van der Waals surface area contributed by atoms with Gasteiger partial charge in [0, 0.05) is 10.4 Å². The van der Waals surface area contributed by atoms with Crippen LogP contribution in [0.2, 0.25) is 0 Å². The van der Waals surface area contributed by atoms with Crippen LogP contribution in [-0.2, 0) is 4.74 Å². The van der Waals surface area contributed by atoms with Gasteiger partial charge in [0.05, 0.1) is 25.0 Å². The fraction of sp³-hybridized carbons (Fsp3) is 0.294. The second kappa shape index (κ2) is 7.83. The van der Waals surface area contributed by atoms with E-state index < -0.39 is 5.97 Å². The number of nitrogen functional groups attached to an aromatic ring is 1. The molecule has 6 nitrogen and oxygen atoms in total. The molecule has 2 rings (SSSR count). The lowest BCUT2D eigenvalue weighted by Gasteiger charge is -2.10. The van der Waals surface area contributed by atoms with E-state index in [4.69, 9.17) is 15.2 Å². The predicted molar refractivity (Wildman–Crippen MR) is 95.0 cm³/mol. The van der Waals surface area contributed by atoms with E-state index in [2.05, 4.69) is 5.32 Å². The van der Waals surface area contributed by atoms with E-state index in [1.807, 2.05) is 13.8 Å². The molecule has 0 aliphatic carbocycles. The zero-order valence-electron chi connectivity index (χ0n) is 13.8. The van der Waals surface area contributed by atoms with E-state index >= 15 is 0 Å². The molecule has 24 heavy (non-hydrogen) atoms. The molecule has 0 radical (unpaired) electrons. The molecule has 0 fully saturated rings. The zero-order chi connectivity index (χ0) is 17.7. The van der Waals surface area contributed by atoms with Crippen molar-refractivity contribution in [2.75, 3.05) is 24.8 Å². The van der Waals surface area contributed by atoms with E-state index in [1.54, 1.807) is 24.3 Å². The Kier molecular flexibility index (Phi) is 5.81. The van der Waals surface area contributed by atoms with Gasteiger partial charge in [-0.2, -0.15) is 0 Å². The maximum absolute atomic E-state index is 12.4. The normalized spacial score (nSPS) is 10.3. The van der Waals surface area contributed by atoms with Crippen molar-refractivity contribution in [2.24, 2.45) is 0 Å². The molecule has 0 bridgehead atoms. The molecule has 1 amide bonds. The maximum Gasteiger partial charge on any atom is 0.340 e. The Bertz CT molecular complexity index is 755. The van der Waals surface area contributed by atoms with Crippen molar-refractivity contribution in [1.29, 1.82) is 0 Å². The monoisotopic (exact) mass is 348 g/mol. The Balaban J connectivity index is 2.18. The lowest BCUT2D eigenvalue weighted by molar-refractivity contribution is 0.0602. The van der Waals surface area contributed by atoms with Crippen molar-refractivity contribution >= 4 is 33.9 Å². The number of nitrogens with two attached hydrogens (primary N) is 1. The molecule has 0 spiro atoms. The van der Waals surface area contributed by atoms with Crippen LogP contribution in [0.1, 0.15) is 38.9 Å². The Morgan fingerprint density at radius 2 is 2.04 bits per heavy atom. The molecule has 3 N–H and O–H groups in total. The van der Waals surface area contributed by atoms with Gasteiger partial charge in [0.15, 0.2) is 0 Å². The smallest absolute Gasteiger partial charge is 0.340 e. The van der Waals surface area contributed by atoms with Gasteiger partial charge in [-0.3, -0.25) is 4.79 Å². The second-order valence-electron chi connectivity index (χ2n) is 5.15. The van der Waals surface area contributed by atoms with Crippen LogP contribution in [0.15, 0.2) is 24.3 Å². The second-order valence-corrected chi connectivity index (χ2v) is 6.40. The highest BCUT2D eigenvalue weighted by Crippen LogP contribution is 2.29. The number of carbonyl (C=O) groups excluding carboxylic acids is 2. The molecular formula is C17H20N2O4S. The number of rotatable bonds is 6. The van der Waals surface area contributed by atoms with Crippen molar-refractivity contribution in [3.63, 3.8) is 0 Å². The first-order valence-electron chi connectivity index (χ1n) is 7.48. The largest absolute Gasteiger partial charge is 0.491 e.